The van der Waals surface area contributed by atoms with Crippen molar-refractivity contribution in [1.29, 1.82) is 0 Å². The van der Waals surface area contributed by atoms with Crippen molar-refractivity contribution >= 4 is 11.9 Å². The van der Waals surface area contributed by atoms with Gasteiger partial charge in [-0.05, 0) is 64.2 Å². The van der Waals surface area contributed by atoms with Crippen molar-refractivity contribution in [3.63, 3.8) is 0 Å². The van der Waals surface area contributed by atoms with Crippen LogP contribution in [0.3, 0.4) is 0 Å². The minimum Gasteiger partial charge on any atom is -0.454 e. The fourth-order valence-corrected chi connectivity index (χ4v) is 10.4. The quantitative estimate of drug-likeness (QED) is 0.0195. The Morgan fingerprint density at radius 1 is 0.494 bits per heavy atom. The number of unbranched alkanes of at least 4 members (excludes halogenated alkanes) is 37. The van der Waals surface area contributed by atoms with E-state index in [1.807, 2.05) is 6.08 Å². The van der Waals surface area contributed by atoms with Crippen LogP contribution in [0.5, 0.6) is 0 Å². The van der Waals surface area contributed by atoms with Crippen LogP contribution in [0.25, 0.3) is 0 Å². The minimum atomic E-state index is -1.62. The van der Waals surface area contributed by atoms with Gasteiger partial charge >= 0.3 is 5.97 Å². The SMILES string of the molecule is CCCCC/C=C\C/C=C\C/C=C\CCCCCC(O)C(=O)NC(COC1OC(CO)C(O)C(O)C1OC(=O)CCCCCCCCCCCCCCCCCCCCCCCCC)C(O)/C=C/CCCCCCCCCCC. The summed E-state index contributed by atoms with van der Waals surface area (Å²) in [4.78, 5) is 26.6. The summed E-state index contributed by atoms with van der Waals surface area (Å²) in [5.41, 5.74) is 0. The van der Waals surface area contributed by atoms with E-state index >= 15 is 0 Å². The first-order valence-corrected chi connectivity index (χ1v) is 33.4. The molecule has 11 nitrogen and oxygen atoms in total. The van der Waals surface area contributed by atoms with Gasteiger partial charge in [0.15, 0.2) is 12.4 Å². The normalized spacial score (nSPS) is 19.1. The van der Waals surface area contributed by atoms with Gasteiger partial charge in [0.05, 0.1) is 25.4 Å². The zero-order chi connectivity index (χ0) is 57.5. The molecule has 0 aromatic heterocycles. The van der Waals surface area contributed by atoms with E-state index in [4.69, 9.17) is 14.2 Å². The molecule has 1 saturated heterocycles. The highest BCUT2D eigenvalue weighted by Crippen LogP contribution is 2.26. The number of aliphatic hydroxyl groups excluding tert-OH is 5. The van der Waals surface area contributed by atoms with E-state index in [0.29, 0.717) is 12.8 Å². The number of ether oxygens (including phenoxy) is 3. The average Bonchev–Trinajstić information content (AvgIpc) is 3.45. The Hall–Kier alpha value is -2.38. The summed E-state index contributed by atoms with van der Waals surface area (Å²) in [5, 5.41) is 57.0. The van der Waals surface area contributed by atoms with Crippen LogP contribution in [-0.2, 0) is 23.8 Å². The lowest BCUT2D eigenvalue weighted by atomic mass is 9.99. The largest absolute Gasteiger partial charge is 0.454 e. The molecule has 1 aliphatic heterocycles. The third-order valence-electron chi connectivity index (χ3n) is 15.7. The van der Waals surface area contributed by atoms with Crippen LogP contribution in [-0.4, -0.2) is 99.6 Å². The highest BCUT2D eigenvalue weighted by molar-refractivity contribution is 5.80. The summed E-state index contributed by atoms with van der Waals surface area (Å²) in [6.07, 6.45) is 58.7. The number of nitrogens with one attached hydrogen (secondary N) is 1. The maximum absolute atomic E-state index is 13.4. The smallest absolute Gasteiger partial charge is 0.306 e. The second-order valence-corrected chi connectivity index (χ2v) is 23.2. The molecule has 0 aromatic rings. The number of aliphatic hydroxyl groups is 5. The van der Waals surface area contributed by atoms with Crippen LogP contribution in [0.4, 0.5) is 0 Å². The van der Waals surface area contributed by atoms with Crippen molar-refractivity contribution in [3.05, 3.63) is 48.6 Å². The third-order valence-corrected chi connectivity index (χ3v) is 15.7. The van der Waals surface area contributed by atoms with E-state index in [1.54, 1.807) is 6.08 Å². The number of amides is 1. The summed E-state index contributed by atoms with van der Waals surface area (Å²) in [5.74, 6) is -1.21. The number of rotatable bonds is 57. The fourth-order valence-electron chi connectivity index (χ4n) is 10.4. The molecule has 11 heteroatoms. The summed E-state index contributed by atoms with van der Waals surface area (Å²) >= 11 is 0. The molecule has 0 spiro atoms. The molecular formula is C68H125NO10. The zero-order valence-corrected chi connectivity index (χ0v) is 51.2. The van der Waals surface area contributed by atoms with Gasteiger partial charge in [-0.25, -0.2) is 0 Å². The highest BCUT2D eigenvalue weighted by Gasteiger charge is 2.47. The van der Waals surface area contributed by atoms with E-state index in [2.05, 4.69) is 62.5 Å². The maximum Gasteiger partial charge on any atom is 0.306 e. The molecule has 1 fully saturated rings. The minimum absolute atomic E-state index is 0.125. The van der Waals surface area contributed by atoms with Gasteiger partial charge < -0.3 is 45.1 Å². The zero-order valence-electron chi connectivity index (χ0n) is 51.2. The first kappa shape index (κ1) is 74.6. The van der Waals surface area contributed by atoms with Gasteiger partial charge in [0, 0.05) is 6.42 Å². The lowest BCUT2D eigenvalue weighted by molar-refractivity contribution is -0.305. The Morgan fingerprint density at radius 3 is 1.33 bits per heavy atom. The molecular weight excluding hydrogens is 991 g/mol. The summed E-state index contributed by atoms with van der Waals surface area (Å²) in [6.45, 7) is 5.77. The van der Waals surface area contributed by atoms with Crippen LogP contribution < -0.4 is 5.32 Å². The van der Waals surface area contributed by atoms with Gasteiger partial charge in [0.1, 0.15) is 24.4 Å². The van der Waals surface area contributed by atoms with E-state index in [1.165, 1.54) is 186 Å². The topological polar surface area (TPSA) is 175 Å². The van der Waals surface area contributed by atoms with Gasteiger partial charge in [0.25, 0.3) is 0 Å². The molecule has 0 radical (unpaired) electrons. The first-order valence-electron chi connectivity index (χ1n) is 33.4. The number of allylic oxidation sites excluding steroid dienone is 7. The molecule has 1 rings (SSSR count). The van der Waals surface area contributed by atoms with Gasteiger partial charge in [0.2, 0.25) is 5.91 Å². The van der Waals surface area contributed by atoms with E-state index in [0.717, 1.165) is 77.0 Å². The summed E-state index contributed by atoms with van der Waals surface area (Å²) < 4.78 is 17.6. The molecule has 1 heterocycles. The van der Waals surface area contributed by atoms with Gasteiger partial charge in [-0.2, -0.15) is 0 Å². The third kappa shape index (κ3) is 43.9. The van der Waals surface area contributed by atoms with Crippen molar-refractivity contribution in [2.75, 3.05) is 13.2 Å². The predicted molar refractivity (Wildman–Crippen MR) is 329 cm³/mol. The first-order chi connectivity index (χ1) is 38.7. The van der Waals surface area contributed by atoms with E-state index in [-0.39, 0.29) is 19.4 Å². The van der Waals surface area contributed by atoms with Crippen LogP contribution in [0.2, 0.25) is 0 Å². The Morgan fingerprint density at radius 2 is 0.873 bits per heavy atom. The number of hydrogen-bond acceptors (Lipinski definition) is 10. The maximum atomic E-state index is 13.4. The Kier molecular flexibility index (Phi) is 53.0. The standard InChI is InChI=1S/C68H125NO10/c1-4-7-10-13-16-19-22-24-26-28-29-30-31-32-33-34-36-38-41-44-47-50-53-56-63(73)79-66-65(75)64(74)62(57-70)78-68(66)77-58-59(60(71)54-51-48-45-42-39-21-18-15-12-9-6-3)69-67(76)61(72)55-52-49-46-43-40-37-35-27-25-23-20-17-14-11-8-5-2/h17,20,25,27,37,40,51,54,59-62,64-66,68,70-72,74-75H,4-16,18-19,21-24,26,28-36,38-39,41-50,52-53,55-58H2,1-3H3,(H,69,76)/b20-17-,27-25-,40-37-,54-51+. The van der Waals surface area contributed by atoms with Crippen LogP contribution >= 0.6 is 0 Å². The Bertz CT molecular complexity index is 1470. The van der Waals surface area contributed by atoms with Gasteiger partial charge in [-0.15, -0.1) is 0 Å². The molecule has 1 aliphatic rings. The fraction of sp³-hybridized carbons (Fsp3) is 0.853. The average molecular weight is 1120 g/mol. The molecule has 462 valence electrons. The Balaban J connectivity index is 2.59. The summed E-state index contributed by atoms with van der Waals surface area (Å²) in [7, 11) is 0. The van der Waals surface area contributed by atoms with E-state index in [9.17, 15) is 35.1 Å². The van der Waals surface area contributed by atoms with Crippen molar-refractivity contribution < 1.29 is 49.3 Å². The lowest BCUT2D eigenvalue weighted by Crippen LogP contribution is -2.61. The van der Waals surface area contributed by atoms with E-state index < -0.39 is 67.4 Å². The number of carbonyl (C=O) groups excluding carboxylic acids is 2. The number of carbonyl (C=O) groups is 2. The molecule has 0 bridgehead atoms. The van der Waals surface area contributed by atoms with Crippen molar-refractivity contribution in [2.45, 2.75) is 359 Å². The Labute approximate surface area is 485 Å². The summed E-state index contributed by atoms with van der Waals surface area (Å²) in [6, 6.07) is -1.03. The number of hydrogen-bond donors (Lipinski definition) is 6. The molecule has 0 aromatic carbocycles. The van der Waals surface area contributed by atoms with Crippen molar-refractivity contribution in [3.8, 4) is 0 Å². The monoisotopic (exact) mass is 1120 g/mol. The lowest BCUT2D eigenvalue weighted by Gasteiger charge is -2.41. The molecule has 6 N–H and O–H groups in total. The molecule has 8 atom stereocenters. The number of esters is 1. The second-order valence-electron chi connectivity index (χ2n) is 23.2. The molecule has 1 amide bonds. The predicted octanol–water partition coefficient (Wildman–Crippen LogP) is 16.4. The van der Waals surface area contributed by atoms with Gasteiger partial charge in [-0.1, -0.05) is 288 Å². The van der Waals surface area contributed by atoms with Gasteiger partial charge in [-0.3, -0.25) is 9.59 Å². The molecule has 0 aliphatic carbocycles. The molecule has 0 saturated carbocycles. The second kappa shape index (κ2) is 56.1. The van der Waals surface area contributed by atoms with Crippen LogP contribution in [0.15, 0.2) is 48.6 Å². The molecule has 8 unspecified atom stereocenters. The van der Waals surface area contributed by atoms with Crippen LogP contribution in [0.1, 0.15) is 310 Å². The van der Waals surface area contributed by atoms with Crippen molar-refractivity contribution in [2.24, 2.45) is 0 Å². The van der Waals surface area contributed by atoms with Crippen LogP contribution in [0, 0.1) is 0 Å². The molecule has 79 heavy (non-hydrogen) atoms. The highest BCUT2D eigenvalue weighted by atomic mass is 16.7. The van der Waals surface area contributed by atoms with Crippen molar-refractivity contribution in [1.82, 2.24) is 5.32 Å².